The molecule has 0 saturated heterocycles. The fraction of sp³-hybridized carbons (Fsp3) is 0.364. The molecule has 0 radical (unpaired) electrons. The molecule has 3 aromatic rings. The van der Waals surface area contributed by atoms with E-state index in [0.29, 0.717) is 59.2 Å². The highest BCUT2D eigenvalue weighted by Gasteiger charge is 2.30. The quantitative estimate of drug-likeness (QED) is 0.493. The Kier molecular flexibility index (Phi) is 5.70. The highest BCUT2D eigenvalue weighted by molar-refractivity contribution is 6.06. The van der Waals surface area contributed by atoms with E-state index < -0.39 is 5.91 Å². The minimum Gasteiger partial charge on any atom is -0.489 e. The lowest BCUT2D eigenvalue weighted by Crippen LogP contribution is -2.27. The number of nitrogens with two attached hydrogens (primary N) is 2. The molecule has 5 N–H and O–H groups in total. The molecule has 1 aliphatic rings. The fourth-order valence-electron chi connectivity index (χ4n) is 4.19. The van der Waals surface area contributed by atoms with Gasteiger partial charge >= 0.3 is 0 Å². The van der Waals surface area contributed by atoms with Gasteiger partial charge in [-0.2, -0.15) is 5.10 Å². The molecule has 2 aromatic heterocycles. The molecule has 2 amide bonds. The van der Waals surface area contributed by atoms with Crippen LogP contribution in [0, 0.1) is 6.92 Å². The van der Waals surface area contributed by atoms with Gasteiger partial charge in [-0.3, -0.25) is 19.6 Å². The highest BCUT2D eigenvalue weighted by Crippen LogP contribution is 2.38. The van der Waals surface area contributed by atoms with Crippen LogP contribution in [0.15, 0.2) is 18.7 Å². The minimum atomic E-state index is -0.574. The lowest BCUT2D eigenvalue weighted by Gasteiger charge is -2.27. The van der Waals surface area contributed by atoms with Crippen molar-refractivity contribution in [2.24, 2.45) is 11.5 Å². The number of anilines is 1. The topological polar surface area (TPSA) is 143 Å². The fourth-order valence-corrected chi connectivity index (χ4v) is 4.19. The number of hydrogen-bond acceptors (Lipinski definition) is 6. The number of ether oxygens (including phenoxy) is 1. The standard InChI is InChI=1S/C22H27N7O3/c1-4-15-12(3)27-28(5-2)18(15)21(31)26-22-25-16-9-13(20(24)30)10-17-19(16)29(22)14(11-32-17)7-6-8-23/h4,9-10,14H,1,5-8,11,23H2,2-3H3,(H2,24,30)(H,25,26,31)/t14-/m0/s1. The van der Waals surface area contributed by atoms with Gasteiger partial charge in [0.25, 0.3) is 5.91 Å². The maximum absolute atomic E-state index is 13.3. The van der Waals surface area contributed by atoms with E-state index in [0.717, 1.165) is 18.5 Å². The molecule has 1 aromatic carbocycles. The maximum atomic E-state index is 13.3. The summed E-state index contributed by atoms with van der Waals surface area (Å²) in [5.74, 6) is -0.0334. The summed E-state index contributed by atoms with van der Waals surface area (Å²) in [5, 5.41) is 7.38. The van der Waals surface area contributed by atoms with E-state index in [1.807, 2.05) is 18.4 Å². The normalized spacial score (nSPS) is 14.9. The number of carbonyl (C=O) groups excluding carboxylic acids is 2. The van der Waals surface area contributed by atoms with Crippen LogP contribution in [0.5, 0.6) is 5.75 Å². The number of aromatic nitrogens is 4. The second-order valence-electron chi connectivity index (χ2n) is 7.73. The number of rotatable bonds is 8. The number of imidazole rings is 1. The molecular formula is C22H27N7O3. The first-order chi connectivity index (χ1) is 15.4. The van der Waals surface area contributed by atoms with E-state index in [9.17, 15) is 9.59 Å². The molecule has 0 bridgehead atoms. The number of nitrogens with zero attached hydrogens (tertiary/aromatic N) is 4. The van der Waals surface area contributed by atoms with Crippen LogP contribution in [0.3, 0.4) is 0 Å². The number of amides is 2. The zero-order valence-corrected chi connectivity index (χ0v) is 18.2. The molecule has 0 fully saturated rings. The average Bonchev–Trinajstić information content (AvgIpc) is 3.30. The second-order valence-corrected chi connectivity index (χ2v) is 7.73. The Morgan fingerprint density at radius 3 is 2.84 bits per heavy atom. The van der Waals surface area contributed by atoms with Crippen LogP contribution in [-0.2, 0) is 6.54 Å². The first-order valence-electron chi connectivity index (χ1n) is 10.6. The van der Waals surface area contributed by atoms with Gasteiger partial charge in [0.05, 0.1) is 17.3 Å². The van der Waals surface area contributed by atoms with Crippen molar-refractivity contribution in [2.75, 3.05) is 18.5 Å². The highest BCUT2D eigenvalue weighted by atomic mass is 16.5. The zero-order valence-electron chi connectivity index (χ0n) is 18.2. The van der Waals surface area contributed by atoms with E-state index in [4.69, 9.17) is 16.2 Å². The van der Waals surface area contributed by atoms with E-state index in [1.165, 1.54) is 0 Å². The van der Waals surface area contributed by atoms with E-state index in [1.54, 1.807) is 22.9 Å². The van der Waals surface area contributed by atoms with Gasteiger partial charge in [-0.15, -0.1) is 0 Å². The number of aryl methyl sites for hydroxylation is 2. The molecule has 168 valence electrons. The van der Waals surface area contributed by atoms with Crippen LogP contribution in [0.2, 0.25) is 0 Å². The van der Waals surface area contributed by atoms with Gasteiger partial charge < -0.3 is 20.8 Å². The van der Waals surface area contributed by atoms with Gasteiger partial charge in [0.2, 0.25) is 11.9 Å². The van der Waals surface area contributed by atoms with Crippen molar-refractivity contribution in [3.63, 3.8) is 0 Å². The van der Waals surface area contributed by atoms with Crippen LogP contribution >= 0.6 is 0 Å². The summed E-state index contributed by atoms with van der Waals surface area (Å²) in [7, 11) is 0. The summed E-state index contributed by atoms with van der Waals surface area (Å²) in [4.78, 5) is 29.7. The molecule has 0 spiro atoms. The lowest BCUT2D eigenvalue weighted by molar-refractivity contribution is 0.0995. The first kappa shape index (κ1) is 21.6. The Morgan fingerprint density at radius 2 is 2.19 bits per heavy atom. The number of benzene rings is 1. The van der Waals surface area contributed by atoms with E-state index in [2.05, 4.69) is 22.0 Å². The Labute approximate surface area is 185 Å². The van der Waals surface area contributed by atoms with Crippen molar-refractivity contribution < 1.29 is 14.3 Å². The molecule has 0 saturated carbocycles. The summed E-state index contributed by atoms with van der Waals surface area (Å²) < 4.78 is 9.53. The van der Waals surface area contributed by atoms with E-state index in [-0.39, 0.29) is 11.9 Å². The van der Waals surface area contributed by atoms with Gasteiger partial charge in [-0.1, -0.05) is 12.7 Å². The molecule has 4 rings (SSSR count). The molecule has 10 nitrogen and oxygen atoms in total. The summed E-state index contributed by atoms with van der Waals surface area (Å²) in [5.41, 5.74) is 14.5. The van der Waals surface area contributed by atoms with Gasteiger partial charge in [0, 0.05) is 17.7 Å². The Hall–Kier alpha value is -3.66. The molecule has 3 heterocycles. The van der Waals surface area contributed by atoms with Gasteiger partial charge in [-0.05, 0) is 45.4 Å². The van der Waals surface area contributed by atoms with Crippen molar-refractivity contribution in [1.29, 1.82) is 0 Å². The molecule has 1 atom stereocenters. The molecular weight excluding hydrogens is 410 g/mol. The van der Waals surface area contributed by atoms with Crippen molar-refractivity contribution in [2.45, 2.75) is 39.3 Å². The molecule has 0 unspecified atom stereocenters. The van der Waals surface area contributed by atoms with Gasteiger partial charge in [0.15, 0.2) is 0 Å². The second kappa shape index (κ2) is 8.46. The molecule has 10 heteroatoms. The number of primary amides is 1. The first-order valence-corrected chi connectivity index (χ1v) is 10.6. The third-order valence-corrected chi connectivity index (χ3v) is 5.69. The minimum absolute atomic E-state index is 0.0672. The van der Waals surface area contributed by atoms with Crippen molar-refractivity contribution in [3.8, 4) is 5.75 Å². The van der Waals surface area contributed by atoms with Crippen LogP contribution in [0.4, 0.5) is 5.95 Å². The lowest BCUT2D eigenvalue weighted by atomic mass is 10.1. The average molecular weight is 438 g/mol. The van der Waals surface area contributed by atoms with Gasteiger partial charge in [-0.25, -0.2) is 4.98 Å². The SMILES string of the molecule is C=Cc1c(C)nn(CC)c1C(=O)Nc1nc2cc(C(N)=O)cc3c2n1[C@@H](CCCN)CO3. The summed E-state index contributed by atoms with van der Waals surface area (Å²) in [6, 6.07) is 3.15. The van der Waals surface area contributed by atoms with Crippen LogP contribution in [0.1, 0.15) is 57.9 Å². The monoisotopic (exact) mass is 437 g/mol. The Balaban J connectivity index is 1.83. The van der Waals surface area contributed by atoms with Gasteiger partial charge in [0.1, 0.15) is 23.6 Å². The van der Waals surface area contributed by atoms with Crippen LogP contribution in [0.25, 0.3) is 17.1 Å². The predicted molar refractivity (Wildman–Crippen MR) is 122 cm³/mol. The number of nitrogens with one attached hydrogen (secondary N) is 1. The third-order valence-electron chi connectivity index (χ3n) is 5.69. The third kappa shape index (κ3) is 3.52. The molecule has 0 aliphatic carbocycles. The Bertz CT molecular complexity index is 1220. The smallest absolute Gasteiger partial charge is 0.276 e. The summed E-state index contributed by atoms with van der Waals surface area (Å²) >= 11 is 0. The number of hydrogen-bond donors (Lipinski definition) is 3. The van der Waals surface area contributed by atoms with Crippen molar-refractivity contribution in [1.82, 2.24) is 19.3 Å². The predicted octanol–water partition coefficient (Wildman–Crippen LogP) is 2.23. The largest absolute Gasteiger partial charge is 0.489 e. The molecule has 32 heavy (non-hydrogen) atoms. The molecule has 1 aliphatic heterocycles. The van der Waals surface area contributed by atoms with E-state index >= 15 is 0 Å². The summed E-state index contributed by atoms with van der Waals surface area (Å²) in [6.07, 6.45) is 3.18. The van der Waals surface area contributed by atoms with Crippen molar-refractivity contribution in [3.05, 3.63) is 41.2 Å². The Morgan fingerprint density at radius 1 is 1.41 bits per heavy atom. The summed E-state index contributed by atoms with van der Waals surface area (Å²) in [6.45, 7) is 9.03. The number of carbonyl (C=O) groups is 2. The van der Waals surface area contributed by atoms with Crippen molar-refractivity contribution >= 4 is 34.9 Å². The van der Waals surface area contributed by atoms with Crippen LogP contribution in [-0.4, -0.2) is 44.3 Å². The van der Waals surface area contributed by atoms with Crippen LogP contribution < -0.4 is 21.5 Å². The maximum Gasteiger partial charge on any atom is 0.276 e. The zero-order chi connectivity index (χ0) is 23.0.